The van der Waals surface area contributed by atoms with E-state index >= 15 is 0 Å². The predicted octanol–water partition coefficient (Wildman–Crippen LogP) is 4.22. The molecule has 1 aliphatic rings. The van der Waals surface area contributed by atoms with Crippen LogP contribution in [0, 0.1) is 6.57 Å². The first-order valence-corrected chi connectivity index (χ1v) is 10.9. The number of carbonyl (C=O) groups is 1. The third-order valence-corrected chi connectivity index (χ3v) is 5.79. The van der Waals surface area contributed by atoms with Crippen molar-refractivity contribution in [2.45, 2.75) is 19.4 Å². The van der Waals surface area contributed by atoms with Crippen LogP contribution < -0.4 is 0 Å². The summed E-state index contributed by atoms with van der Waals surface area (Å²) in [6, 6.07) is 8.44. The normalized spacial score (nSPS) is 13.5. The molecule has 5 rings (SSSR count). The molecule has 35 heavy (non-hydrogen) atoms. The molecule has 0 aliphatic carbocycles. The van der Waals surface area contributed by atoms with E-state index in [4.69, 9.17) is 6.57 Å². The van der Waals surface area contributed by atoms with Gasteiger partial charge in [0.05, 0.1) is 24.9 Å². The topological polar surface area (TPSA) is 133 Å². The summed E-state index contributed by atoms with van der Waals surface area (Å²) in [5, 5.41) is 34.4. The molecule has 0 unspecified atom stereocenters. The van der Waals surface area contributed by atoms with Crippen molar-refractivity contribution in [2.24, 2.45) is 10.2 Å². The van der Waals surface area contributed by atoms with E-state index in [9.17, 15) is 15.0 Å². The smallest absolute Gasteiger partial charge is 0.258 e. The number of aromatic nitrogens is 4. The monoisotopic (exact) mass is 468 g/mol. The molecule has 0 radical (unpaired) electrons. The number of azo groups is 1. The summed E-state index contributed by atoms with van der Waals surface area (Å²) in [7, 11) is 0. The molecule has 11 heteroatoms. The van der Waals surface area contributed by atoms with Crippen LogP contribution >= 0.6 is 0 Å². The number of phenols is 1. The van der Waals surface area contributed by atoms with Crippen LogP contribution in [0.2, 0.25) is 0 Å². The van der Waals surface area contributed by atoms with Crippen molar-refractivity contribution in [3.63, 3.8) is 0 Å². The highest BCUT2D eigenvalue weighted by Gasteiger charge is 2.26. The molecule has 2 N–H and O–H groups in total. The van der Waals surface area contributed by atoms with E-state index in [1.54, 1.807) is 35.2 Å². The van der Waals surface area contributed by atoms with E-state index in [-0.39, 0.29) is 47.0 Å². The van der Waals surface area contributed by atoms with Crippen molar-refractivity contribution in [2.75, 3.05) is 13.1 Å². The summed E-state index contributed by atoms with van der Waals surface area (Å²) in [6.07, 6.45) is 6.20. The average Bonchev–Trinajstić information content (AvgIpc) is 3.57. The minimum Gasteiger partial charge on any atom is -0.505 e. The van der Waals surface area contributed by atoms with E-state index in [1.165, 1.54) is 23.3 Å². The molecule has 0 saturated carbocycles. The third-order valence-electron chi connectivity index (χ3n) is 5.79. The molecule has 1 saturated heterocycles. The molecular formula is C24H20N8O3. The van der Waals surface area contributed by atoms with Gasteiger partial charge in [0.25, 0.3) is 17.5 Å². The van der Waals surface area contributed by atoms with Gasteiger partial charge in [0.2, 0.25) is 0 Å². The van der Waals surface area contributed by atoms with Gasteiger partial charge in [0.15, 0.2) is 11.6 Å². The fraction of sp³-hybridized carbons (Fsp3) is 0.208. The molecule has 1 aliphatic heterocycles. The van der Waals surface area contributed by atoms with Gasteiger partial charge in [-0.05, 0) is 47.4 Å². The molecule has 11 nitrogen and oxygen atoms in total. The molecular weight excluding hydrogens is 448 g/mol. The summed E-state index contributed by atoms with van der Waals surface area (Å²) in [5.74, 6) is -0.324. The minimum absolute atomic E-state index is 0.0643. The largest absolute Gasteiger partial charge is 0.505 e. The van der Waals surface area contributed by atoms with Gasteiger partial charge in [-0.1, -0.05) is 12.1 Å². The lowest BCUT2D eigenvalue weighted by molar-refractivity contribution is 0.0792. The molecule has 2 aromatic heterocycles. The van der Waals surface area contributed by atoms with Crippen LogP contribution in [-0.4, -0.2) is 53.9 Å². The third kappa shape index (κ3) is 4.07. The van der Waals surface area contributed by atoms with Gasteiger partial charge in [0, 0.05) is 25.5 Å². The predicted molar refractivity (Wildman–Crippen MR) is 126 cm³/mol. The highest BCUT2D eigenvalue weighted by molar-refractivity contribution is 6.11. The van der Waals surface area contributed by atoms with E-state index < -0.39 is 0 Å². The minimum atomic E-state index is -0.320. The number of likely N-dealkylation sites (tertiary alicyclic amines) is 1. The van der Waals surface area contributed by atoms with E-state index in [2.05, 4.69) is 30.1 Å². The zero-order valence-electron chi connectivity index (χ0n) is 18.5. The first kappa shape index (κ1) is 22.1. The Bertz CT molecular complexity index is 1480. The van der Waals surface area contributed by atoms with Gasteiger partial charge < -0.3 is 15.1 Å². The van der Waals surface area contributed by atoms with Crippen LogP contribution in [0.4, 0.5) is 17.2 Å². The van der Waals surface area contributed by atoms with Crippen LogP contribution in [0.1, 0.15) is 28.8 Å². The number of carbonyl (C=O) groups excluding carboxylic acids is 1. The lowest BCUT2D eigenvalue weighted by atomic mass is 9.99. The molecule has 174 valence electrons. The zero-order chi connectivity index (χ0) is 24.4. The fourth-order valence-electron chi connectivity index (χ4n) is 4.04. The quantitative estimate of drug-likeness (QED) is 0.333. The Labute approximate surface area is 199 Å². The molecule has 3 heterocycles. The van der Waals surface area contributed by atoms with Crippen LogP contribution in [0.25, 0.3) is 21.6 Å². The highest BCUT2D eigenvalue weighted by Crippen LogP contribution is 2.40. The van der Waals surface area contributed by atoms with Crippen LogP contribution in [0.5, 0.6) is 5.75 Å². The van der Waals surface area contributed by atoms with Gasteiger partial charge in [-0.3, -0.25) is 4.79 Å². The molecule has 2 aromatic carbocycles. The van der Waals surface area contributed by atoms with Gasteiger partial charge in [-0.15, -0.1) is 10.2 Å². The Balaban J connectivity index is 1.65. The Kier molecular flexibility index (Phi) is 5.87. The number of nitrogens with zero attached hydrogens (tertiary/aromatic N) is 8. The number of rotatable bonds is 5. The summed E-state index contributed by atoms with van der Waals surface area (Å²) < 4.78 is 1.28. The van der Waals surface area contributed by atoms with E-state index in [1.807, 2.05) is 0 Å². The number of aliphatic hydroxyl groups is 1. The van der Waals surface area contributed by atoms with Crippen molar-refractivity contribution in [1.29, 1.82) is 0 Å². The molecule has 0 atom stereocenters. The lowest BCUT2D eigenvalue weighted by Crippen LogP contribution is -2.27. The number of fused-ring (bicyclic) bond motifs is 1. The number of benzene rings is 2. The van der Waals surface area contributed by atoms with Crippen molar-refractivity contribution in [3.8, 4) is 11.7 Å². The SMILES string of the molecule is [C-]#[N+]c1cnn(-c2ncccn2)c1N=Nc1cc2ccc(CO)cc2c(C(=O)N2CCCC2)c1O. The van der Waals surface area contributed by atoms with Crippen molar-refractivity contribution in [1.82, 2.24) is 24.6 Å². The van der Waals surface area contributed by atoms with E-state index in [0.717, 1.165) is 12.8 Å². The second-order valence-corrected chi connectivity index (χ2v) is 7.96. The zero-order valence-corrected chi connectivity index (χ0v) is 18.5. The molecule has 1 fully saturated rings. The second kappa shape index (κ2) is 9.28. The van der Waals surface area contributed by atoms with Crippen LogP contribution in [-0.2, 0) is 6.61 Å². The Morgan fingerprint density at radius 1 is 1.14 bits per heavy atom. The first-order chi connectivity index (χ1) is 17.1. The van der Waals surface area contributed by atoms with E-state index in [0.29, 0.717) is 29.4 Å². The maximum atomic E-state index is 13.4. The maximum Gasteiger partial charge on any atom is 0.258 e. The maximum absolute atomic E-state index is 13.4. The Morgan fingerprint density at radius 3 is 2.63 bits per heavy atom. The lowest BCUT2D eigenvalue weighted by Gasteiger charge is -2.18. The standard InChI is InChI=1S/C24H20N8O3/c1-25-19-13-28-32(24-26-7-4-8-27-24)22(19)30-29-18-12-16-6-5-15(14-33)11-17(16)20(21(18)34)23(35)31-9-2-3-10-31/h4-8,11-13,33-34H,2-3,9-10,14H2. The number of aromatic hydroxyl groups is 1. The van der Waals surface area contributed by atoms with Gasteiger partial charge in [-0.25, -0.2) is 14.8 Å². The number of phenolic OH excluding ortho intramolecular Hbond substituents is 1. The number of hydrogen-bond acceptors (Lipinski definition) is 8. The van der Waals surface area contributed by atoms with Gasteiger partial charge >= 0.3 is 0 Å². The number of hydrogen-bond donors (Lipinski definition) is 2. The summed E-state index contributed by atoms with van der Waals surface area (Å²) >= 11 is 0. The Morgan fingerprint density at radius 2 is 1.91 bits per heavy atom. The fourth-order valence-corrected chi connectivity index (χ4v) is 4.04. The number of amides is 1. The molecule has 4 aromatic rings. The summed E-state index contributed by atoms with van der Waals surface area (Å²) in [4.78, 5) is 26.8. The summed E-state index contributed by atoms with van der Waals surface area (Å²) in [5.41, 5.74) is 0.922. The summed E-state index contributed by atoms with van der Waals surface area (Å²) in [6.45, 7) is 8.45. The van der Waals surface area contributed by atoms with Gasteiger partial charge in [0.1, 0.15) is 5.69 Å². The first-order valence-electron chi connectivity index (χ1n) is 10.9. The molecule has 0 spiro atoms. The van der Waals surface area contributed by atoms with Crippen molar-refractivity contribution < 1.29 is 15.0 Å². The second-order valence-electron chi connectivity index (χ2n) is 7.96. The van der Waals surface area contributed by atoms with Crippen molar-refractivity contribution >= 4 is 33.9 Å². The molecule has 1 amide bonds. The van der Waals surface area contributed by atoms with Gasteiger partial charge in [-0.2, -0.15) is 9.78 Å². The van der Waals surface area contributed by atoms with Crippen LogP contribution in [0.15, 0.2) is 59.2 Å². The van der Waals surface area contributed by atoms with Crippen LogP contribution in [0.3, 0.4) is 0 Å². The Hall–Kier alpha value is -4.69. The average molecular weight is 468 g/mol. The molecule has 0 bridgehead atoms. The highest BCUT2D eigenvalue weighted by atomic mass is 16.3. The number of aliphatic hydroxyl groups excluding tert-OH is 1. The van der Waals surface area contributed by atoms with Crippen molar-refractivity contribution in [3.05, 3.63) is 71.5 Å².